The molecule has 0 bridgehead atoms. The normalized spacial score (nSPS) is 16.2. The van der Waals surface area contributed by atoms with E-state index >= 15 is 0 Å². The van der Waals surface area contributed by atoms with Crippen molar-refractivity contribution in [1.82, 2.24) is 5.32 Å². The molecule has 0 spiro atoms. The number of benzene rings is 1. The Morgan fingerprint density at radius 1 is 1.37 bits per heavy atom. The molecule has 1 amide bonds. The van der Waals surface area contributed by atoms with Crippen molar-refractivity contribution in [3.05, 3.63) is 28.5 Å². The average molecular weight is 286 g/mol. The van der Waals surface area contributed by atoms with Gasteiger partial charge in [0.05, 0.1) is 17.7 Å². The molecule has 2 rings (SSSR count). The maximum absolute atomic E-state index is 14.1. The molecule has 0 saturated heterocycles. The molecule has 0 unspecified atom stereocenters. The number of ether oxygens (including phenoxy) is 1. The fourth-order valence-corrected chi connectivity index (χ4v) is 2.64. The molecule has 0 atom stereocenters. The SMILES string of the molecule is COc1ccc(Cl)c(C(=O)NC2CCCCC2)c1F. The highest BCUT2D eigenvalue weighted by molar-refractivity contribution is 6.34. The molecule has 1 fully saturated rings. The van der Waals surface area contributed by atoms with Gasteiger partial charge in [-0.15, -0.1) is 0 Å². The van der Waals surface area contributed by atoms with Gasteiger partial charge < -0.3 is 10.1 Å². The Labute approximate surface area is 117 Å². The van der Waals surface area contributed by atoms with Crippen molar-refractivity contribution in [1.29, 1.82) is 0 Å². The Bertz CT molecular complexity index is 473. The van der Waals surface area contributed by atoms with Gasteiger partial charge in [0.25, 0.3) is 5.91 Å². The molecule has 1 aliphatic carbocycles. The van der Waals surface area contributed by atoms with E-state index in [0.29, 0.717) is 0 Å². The van der Waals surface area contributed by atoms with Crippen molar-refractivity contribution < 1.29 is 13.9 Å². The first-order valence-corrected chi connectivity index (χ1v) is 6.84. The van der Waals surface area contributed by atoms with Crippen LogP contribution in [0.3, 0.4) is 0 Å². The first kappa shape index (κ1) is 14.1. The molecule has 1 aliphatic rings. The van der Waals surface area contributed by atoms with Gasteiger partial charge >= 0.3 is 0 Å². The Morgan fingerprint density at radius 3 is 2.68 bits per heavy atom. The van der Waals surface area contributed by atoms with E-state index in [2.05, 4.69) is 5.32 Å². The van der Waals surface area contributed by atoms with E-state index in [1.807, 2.05) is 0 Å². The van der Waals surface area contributed by atoms with Crippen LogP contribution in [0.4, 0.5) is 4.39 Å². The fraction of sp³-hybridized carbons (Fsp3) is 0.500. The highest BCUT2D eigenvalue weighted by atomic mass is 35.5. The van der Waals surface area contributed by atoms with Crippen LogP contribution >= 0.6 is 11.6 Å². The fourth-order valence-electron chi connectivity index (χ4n) is 2.40. The molecule has 5 heteroatoms. The lowest BCUT2D eigenvalue weighted by Gasteiger charge is -2.23. The summed E-state index contributed by atoms with van der Waals surface area (Å²) in [4.78, 5) is 12.1. The Kier molecular flexibility index (Phi) is 4.64. The topological polar surface area (TPSA) is 38.3 Å². The Morgan fingerprint density at radius 2 is 2.05 bits per heavy atom. The minimum atomic E-state index is -0.705. The van der Waals surface area contributed by atoms with E-state index < -0.39 is 11.7 Å². The number of hydrogen-bond donors (Lipinski definition) is 1. The lowest BCUT2D eigenvalue weighted by molar-refractivity contribution is 0.0923. The van der Waals surface area contributed by atoms with Crippen LogP contribution in [-0.4, -0.2) is 19.1 Å². The van der Waals surface area contributed by atoms with E-state index in [9.17, 15) is 9.18 Å². The van der Waals surface area contributed by atoms with Crippen LogP contribution in [0.15, 0.2) is 12.1 Å². The maximum Gasteiger partial charge on any atom is 0.256 e. The molecule has 1 saturated carbocycles. The molecule has 1 N–H and O–H groups in total. The summed E-state index contributed by atoms with van der Waals surface area (Å²) in [6.07, 6.45) is 5.27. The summed E-state index contributed by atoms with van der Waals surface area (Å²) in [6.45, 7) is 0. The molecule has 1 aromatic rings. The summed E-state index contributed by atoms with van der Waals surface area (Å²) in [5.74, 6) is -1.14. The number of methoxy groups -OCH3 is 1. The van der Waals surface area contributed by atoms with Crippen LogP contribution in [0.25, 0.3) is 0 Å². The second kappa shape index (κ2) is 6.24. The summed E-state index contributed by atoms with van der Waals surface area (Å²) in [7, 11) is 1.36. The quantitative estimate of drug-likeness (QED) is 0.922. The molecule has 0 aliphatic heterocycles. The maximum atomic E-state index is 14.1. The molecule has 0 heterocycles. The third-order valence-electron chi connectivity index (χ3n) is 3.44. The Balaban J connectivity index is 2.18. The van der Waals surface area contributed by atoms with E-state index in [1.165, 1.54) is 25.7 Å². The van der Waals surface area contributed by atoms with Gasteiger partial charge in [-0.05, 0) is 25.0 Å². The lowest BCUT2D eigenvalue weighted by Crippen LogP contribution is -2.36. The zero-order valence-electron chi connectivity index (χ0n) is 10.8. The van der Waals surface area contributed by atoms with Gasteiger partial charge in [0, 0.05) is 6.04 Å². The predicted molar refractivity (Wildman–Crippen MR) is 72.3 cm³/mol. The number of hydrogen-bond acceptors (Lipinski definition) is 2. The molecule has 0 radical (unpaired) electrons. The summed E-state index contributed by atoms with van der Waals surface area (Å²) in [5.41, 5.74) is -0.133. The zero-order chi connectivity index (χ0) is 13.8. The highest BCUT2D eigenvalue weighted by Gasteiger charge is 2.23. The monoisotopic (exact) mass is 285 g/mol. The predicted octanol–water partition coefficient (Wildman–Crippen LogP) is 3.55. The van der Waals surface area contributed by atoms with Crippen molar-refractivity contribution in [2.24, 2.45) is 0 Å². The zero-order valence-corrected chi connectivity index (χ0v) is 11.6. The molecule has 19 heavy (non-hydrogen) atoms. The van der Waals surface area contributed by atoms with Crippen LogP contribution in [0, 0.1) is 5.82 Å². The second-order valence-corrected chi connectivity index (χ2v) is 5.15. The lowest BCUT2D eigenvalue weighted by atomic mass is 9.95. The number of halogens is 2. The third-order valence-corrected chi connectivity index (χ3v) is 3.76. The van der Waals surface area contributed by atoms with Gasteiger partial charge in [-0.3, -0.25) is 4.79 Å². The minimum absolute atomic E-state index is 0.0261. The van der Waals surface area contributed by atoms with Gasteiger partial charge in [0.1, 0.15) is 0 Å². The van der Waals surface area contributed by atoms with Gasteiger partial charge in [0.15, 0.2) is 11.6 Å². The van der Waals surface area contributed by atoms with Crippen LogP contribution in [0.5, 0.6) is 5.75 Å². The van der Waals surface area contributed by atoms with Crippen LogP contribution < -0.4 is 10.1 Å². The van der Waals surface area contributed by atoms with Crippen molar-refractivity contribution in [2.45, 2.75) is 38.1 Å². The van der Waals surface area contributed by atoms with Gasteiger partial charge in [-0.1, -0.05) is 30.9 Å². The van der Waals surface area contributed by atoms with Crippen molar-refractivity contribution in [3.8, 4) is 5.75 Å². The summed E-state index contributed by atoms with van der Waals surface area (Å²) < 4.78 is 18.9. The summed E-state index contributed by atoms with van der Waals surface area (Å²) in [5, 5.41) is 2.95. The summed E-state index contributed by atoms with van der Waals surface area (Å²) >= 11 is 5.91. The molecule has 104 valence electrons. The molecular formula is C14H17ClFNO2. The van der Waals surface area contributed by atoms with Gasteiger partial charge in [-0.25, -0.2) is 4.39 Å². The van der Waals surface area contributed by atoms with E-state index in [4.69, 9.17) is 16.3 Å². The average Bonchev–Trinajstić information content (AvgIpc) is 2.40. The number of rotatable bonds is 3. The number of nitrogens with one attached hydrogen (secondary N) is 1. The van der Waals surface area contributed by atoms with Crippen LogP contribution in [0.2, 0.25) is 5.02 Å². The Hall–Kier alpha value is -1.29. The van der Waals surface area contributed by atoms with E-state index in [0.717, 1.165) is 25.7 Å². The third kappa shape index (κ3) is 3.18. The van der Waals surface area contributed by atoms with Crippen molar-refractivity contribution in [3.63, 3.8) is 0 Å². The number of carbonyl (C=O) groups excluding carboxylic acids is 1. The van der Waals surface area contributed by atoms with E-state index in [1.54, 1.807) is 0 Å². The first-order valence-electron chi connectivity index (χ1n) is 6.46. The standard InChI is InChI=1S/C14H17ClFNO2/c1-19-11-8-7-10(15)12(13(11)16)14(18)17-9-5-3-2-4-6-9/h7-9H,2-6H2,1H3,(H,17,18). The molecule has 3 nitrogen and oxygen atoms in total. The largest absolute Gasteiger partial charge is 0.494 e. The first-order chi connectivity index (χ1) is 9.13. The number of amides is 1. The van der Waals surface area contributed by atoms with Crippen LogP contribution in [0.1, 0.15) is 42.5 Å². The molecule has 1 aromatic carbocycles. The van der Waals surface area contributed by atoms with Gasteiger partial charge in [-0.2, -0.15) is 0 Å². The number of carbonyl (C=O) groups is 1. The minimum Gasteiger partial charge on any atom is -0.494 e. The van der Waals surface area contributed by atoms with E-state index in [-0.39, 0.29) is 22.4 Å². The highest BCUT2D eigenvalue weighted by Crippen LogP contribution is 2.27. The smallest absolute Gasteiger partial charge is 0.256 e. The van der Waals surface area contributed by atoms with Crippen molar-refractivity contribution >= 4 is 17.5 Å². The second-order valence-electron chi connectivity index (χ2n) is 4.75. The summed E-state index contributed by atoms with van der Waals surface area (Å²) in [6, 6.07) is 3.00. The van der Waals surface area contributed by atoms with Gasteiger partial charge in [0.2, 0.25) is 0 Å². The van der Waals surface area contributed by atoms with Crippen LogP contribution in [-0.2, 0) is 0 Å². The molecular weight excluding hydrogens is 269 g/mol. The van der Waals surface area contributed by atoms with Crippen molar-refractivity contribution in [2.75, 3.05) is 7.11 Å². The molecule has 0 aromatic heterocycles.